The van der Waals surface area contributed by atoms with E-state index in [2.05, 4.69) is 243 Å². The number of fused-ring (bicyclic) bond motifs is 9. The number of benzene rings is 9. The van der Waals surface area contributed by atoms with Gasteiger partial charge in [-0.25, -0.2) is 0 Å². The molecule has 5 nitrogen and oxygen atoms in total. The van der Waals surface area contributed by atoms with Crippen molar-refractivity contribution in [3.8, 4) is 22.9 Å². The summed E-state index contributed by atoms with van der Waals surface area (Å²) in [7, 11) is 0. The van der Waals surface area contributed by atoms with Crippen molar-refractivity contribution in [3.05, 3.63) is 224 Å². The highest BCUT2D eigenvalue weighted by Gasteiger charge is 2.42. The Morgan fingerprint density at radius 3 is 1.52 bits per heavy atom. The number of nitrogens with zero attached hydrogens (tertiary/aromatic N) is 4. The summed E-state index contributed by atoms with van der Waals surface area (Å²) in [6.07, 6.45) is 0. The summed E-state index contributed by atoms with van der Waals surface area (Å²) >= 11 is 0. The summed E-state index contributed by atoms with van der Waals surface area (Å²) < 4.78 is 12.1. The third kappa shape index (κ3) is 5.10. The zero-order chi connectivity index (χ0) is 40.7. The molecule has 6 heteroatoms. The van der Waals surface area contributed by atoms with Gasteiger partial charge in [0.2, 0.25) is 0 Å². The molecule has 0 amide bonds. The summed E-state index contributed by atoms with van der Waals surface area (Å²) in [5, 5.41) is 2.39. The average molecular weight is 793 g/mol. The number of hydrogen-bond acceptors (Lipinski definition) is 3. The number of ether oxygens (including phenoxy) is 1. The lowest BCUT2D eigenvalue weighted by Crippen LogP contribution is -2.58. The van der Waals surface area contributed by atoms with Crippen molar-refractivity contribution in [2.75, 3.05) is 9.80 Å². The largest absolute Gasteiger partial charge is 0.458 e. The molecule has 290 valence electrons. The van der Waals surface area contributed by atoms with Crippen LogP contribution in [0.5, 0.6) is 11.5 Å². The number of para-hydroxylation sites is 7. The lowest BCUT2D eigenvalue weighted by molar-refractivity contribution is 0.487. The first-order chi connectivity index (χ1) is 30.8. The van der Waals surface area contributed by atoms with Crippen LogP contribution in [0.15, 0.2) is 224 Å². The molecule has 11 aromatic rings. The average Bonchev–Trinajstić information content (AvgIpc) is 3.85. The summed E-state index contributed by atoms with van der Waals surface area (Å²) in [5.74, 6) is 1.77. The van der Waals surface area contributed by atoms with Crippen molar-refractivity contribution in [2.45, 2.75) is 0 Å². The number of rotatable bonds is 7. The van der Waals surface area contributed by atoms with E-state index in [4.69, 9.17) is 4.74 Å². The van der Waals surface area contributed by atoms with Crippen LogP contribution in [0.1, 0.15) is 0 Å². The SMILES string of the molecule is c1ccc(N(c2ccccc2)c2cc3c4c(c2)-n2c5c(cccc5c5c2c2ccc(N(c6ccccc6)c6ccccc6)cc2n5-c2ccccc2)B4c2ccccc2O3)cc1. The predicted octanol–water partition coefficient (Wildman–Crippen LogP) is 12.6. The van der Waals surface area contributed by atoms with Gasteiger partial charge in [0.05, 0.1) is 27.8 Å². The summed E-state index contributed by atoms with van der Waals surface area (Å²) in [6, 6.07) is 80.5. The molecule has 2 aliphatic rings. The first kappa shape index (κ1) is 34.6. The molecule has 4 heterocycles. The maximum Gasteiger partial charge on any atom is 0.256 e. The molecule has 2 aliphatic heterocycles. The Labute approximate surface area is 359 Å². The van der Waals surface area contributed by atoms with Crippen LogP contribution in [0.25, 0.3) is 44.2 Å². The van der Waals surface area contributed by atoms with Gasteiger partial charge in [0.25, 0.3) is 6.71 Å². The number of aromatic nitrogens is 2. The second kappa shape index (κ2) is 13.7. The van der Waals surface area contributed by atoms with Crippen LogP contribution < -0.4 is 30.9 Å². The van der Waals surface area contributed by atoms with E-state index in [0.29, 0.717) is 0 Å². The van der Waals surface area contributed by atoms with Crippen LogP contribution in [-0.4, -0.2) is 15.8 Å². The van der Waals surface area contributed by atoms with E-state index in [1.807, 2.05) is 0 Å². The fourth-order valence-corrected chi connectivity index (χ4v) is 10.2. The van der Waals surface area contributed by atoms with E-state index >= 15 is 0 Å². The van der Waals surface area contributed by atoms with Crippen molar-refractivity contribution in [1.82, 2.24) is 9.13 Å². The Bertz CT molecular complexity index is 3420. The fourth-order valence-electron chi connectivity index (χ4n) is 10.2. The molecule has 0 spiro atoms. The van der Waals surface area contributed by atoms with Crippen LogP contribution >= 0.6 is 0 Å². The molecule has 0 fully saturated rings. The van der Waals surface area contributed by atoms with Crippen molar-refractivity contribution < 1.29 is 4.74 Å². The van der Waals surface area contributed by atoms with Gasteiger partial charge in [-0.05, 0) is 107 Å². The minimum Gasteiger partial charge on any atom is -0.458 e. The zero-order valence-electron chi connectivity index (χ0n) is 33.6. The molecule has 0 saturated carbocycles. The minimum absolute atomic E-state index is 0.00977. The smallest absolute Gasteiger partial charge is 0.256 e. The van der Waals surface area contributed by atoms with Crippen LogP contribution in [0.4, 0.5) is 34.1 Å². The predicted molar refractivity (Wildman–Crippen MR) is 258 cm³/mol. The monoisotopic (exact) mass is 792 g/mol. The lowest BCUT2D eigenvalue weighted by atomic mass is 9.34. The van der Waals surface area contributed by atoms with Crippen LogP contribution in [0.3, 0.4) is 0 Å². The highest BCUT2D eigenvalue weighted by atomic mass is 16.5. The van der Waals surface area contributed by atoms with Gasteiger partial charge in [0.1, 0.15) is 11.5 Å². The molecule has 2 aromatic heterocycles. The molecule has 0 saturated heterocycles. The minimum atomic E-state index is -0.00977. The second-order valence-corrected chi connectivity index (χ2v) is 16.1. The first-order valence-electron chi connectivity index (χ1n) is 21.2. The third-order valence-corrected chi connectivity index (χ3v) is 12.7. The van der Waals surface area contributed by atoms with Gasteiger partial charge in [-0.15, -0.1) is 0 Å². The van der Waals surface area contributed by atoms with E-state index in [1.54, 1.807) is 0 Å². The maximum atomic E-state index is 7.02. The molecule has 0 aliphatic carbocycles. The van der Waals surface area contributed by atoms with Gasteiger partial charge in [-0.3, -0.25) is 0 Å². The zero-order valence-corrected chi connectivity index (χ0v) is 33.6. The van der Waals surface area contributed by atoms with Crippen molar-refractivity contribution in [2.24, 2.45) is 0 Å². The van der Waals surface area contributed by atoms with Gasteiger partial charge in [0, 0.05) is 56.7 Å². The van der Waals surface area contributed by atoms with Gasteiger partial charge in [-0.2, -0.15) is 0 Å². The lowest BCUT2D eigenvalue weighted by Gasteiger charge is -2.35. The van der Waals surface area contributed by atoms with Gasteiger partial charge in [-0.1, -0.05) is 127 Å². The molecule has 0 atom stereocenters. The Hall–Kier alpha value is -8.22. The normalized spacial score (nSPS) is 12.3. The molecule has 0 N–H and O–H groups in total. The molecule has 0 unspecified atom stereocenters. The molecule has 0 radical (unpaired) electrons. The molecule has 9 aromatic carbocycles. The molecule has 62 heavy (non-hydrogen) atoms. The van der Waals surface area contributed by atoms with Gasteiger partial charge in [0.15, 0.2) is 0 Å². The van der Waals surface area contributed by atoms with E-state index in [1.165, 1.54) is 43.7 Å². The maximum absolute atomic E-state index is 7.02. The van der Waals surface area contributed by atoms with Crippen molar-refractivity contribution in [3.63, 3.8) is 0 Å². The quantitative estimate of drug-likeness (QED) is 0.150. The van der Waals surface area contributed by atoms with Gasteiger partial charge >= 0.3 is 0 Å². The van der Waals surface area contributed by atoms with Crippen LogP contribution in [0, 0.1) is 0 Å². The van der Waals surface area contributed by atoms with Crippen LogP contribution in [0.2, 0.25) is 0 Å². The second-order valence-electron chi connectivity index (χ2n) is 16.1. The first-order valence-corrected chi connectivity index (χ1v) is 21.2. The fraction of sp³-hybridized carbons (Fsp3) is 0. The number of hydrogen-bond donors (Lipinski definition) is 0. The standard InChI is InChI=1S/C56H37BN4O/c1-6-19-38(20-7-1)58(39-21-8-2-9-22-39)43-33-34-45-49(35-43)60(42-27-14-5-15-28-42)56-46-29-18-31-48-54(46)61(55(45)56)50-36-44(37-52-53(50)57(48)47-30-16-17-32-51(47)62-52)59(40-23-10-3-11-24-40)41-25-12-4-13-26-41/h1-37H. The van der Waals surface area contributed by atoms with Gasteiger partial charge < -0.3 is 23.7 Å². The third-order valence-electron chi connectivity index (χ3n) is 12.7. The summed E-state index contributed by atoms with van der Waals surface area (Å²) in [4.78, 5) is 4.69. The molecular weight excluding hydrogens is 755 g/mol. The van der Waals surface area contributed by atoms with E-state index in [0.717, 1.165) is 62.5 Å². The van der Waals surface area contributed by atoms with E-state index in [9.17, 15) is 0 Å². The Kier molecular flexibility index (Phi) is 7.63. The molecular formula is C56H37BN4O. The van der Waals surface area contributed by atoms with E-state index in [-0.39, 0.29) is 6.71 Å². The Morgan fingerprint density at radius 2 is 0.887 bits per heavy atom. The highest BCUT2D eigenvalue weighted by Crippen LogP contribution is 2.47. The molecule has 13 rings (SSSR count). The Balaban J connectivity index is 1.16. The van der Waals surface area contributed by atoms with Crippen molar-refractivity contribution >= 4 is 90.1 Å². The molecule has 0 bridgehead atoms. The summed E-state index contributed by atoms with van der Waals surface area (Å²) in [5.41, 5.74) is 17.1. The number of anilines is 6. The van der Waals surface area contributed by atoms with Crippen LogP contribution in [-0.2, 0) is 0 Å². The highest BCUT2D eigenvalue weighted by molar-refractivity contribution is 6.99. The summed E-state index contributed by atoms with van der Waals surface area (Å²) in [6.45, 7) is -0.00977. The Morgan fingerprint density at radius 1 is 0.355 bits per heavy atom. The van der Waals surface area contributed by atoms with E-state index < -0.39 is 0 Å². The van der Waals surface area contributed by atoms with Crippen molar-refractivity contribution in [1.29, 1.82) is 0 Å². The topological polar surface area (TPSA) is 25.6 Å².